The van der Waals surface area contributed by atoms with E-state index in [0.717, 1.165) is 31.7 Å². The Morgan fingerprint density at radius 3 is 2.74 bits per heavy atom. The van der Waals surface area contributed by atoms with Crippen LogP contribution in [0.25, 0.3) is 0 Å². The predicted octanol–water partition coefficient (Wildman–Crippen LogP) is 3.47. The highest BCUT2D eigenvalue weighted by Gasteiger charge is 2.11. The summed E-state index contributed by atoms with van der Waals surface area (Å²) in [6, 6.07) is 6.74. The quantitative estimate of drug-likeness (QED) is 0.693. The van der Waals surface area contributed by atoms with Gasteiger partial charge in [-0.2, -0.15) is 0 Å². The topological polar surface area (TPSA) is 30.5 Å². The second kappa shape index (κ2) is 8.94. The molecule has 0 spiro atoms. The van der Waals surface area contributed by atoms with Crippen LogP contribution in [0.2, 0.25) is 0 Å². The van der Waals surface area contributed by atoms with Crippen LogP contribution in [-0.2, 0) is 4.74 Å². The fourth-order valence-corrected chi connectivity index (χ4v) is 1.98. The second-order valence-corrected chi connectivity index (χ2v) is 4.91. The van der Waals surface area contributed by atoms with E-state index in [4.69, 9.17) is 9.47 Å². The van der Waals surface area contributed by atoms with Crippen LogP contribution < -0.4 is 10.1 Å². The SMILES string of the molecule is CCCNC(C)c1ccc(C)cc1OCCCOC. The molecule has 3 nitrogen and oxygen atoms in total. The third-order valence-corrected chi connectivity index (χ3v) is 3.09. The third-order valence-electron chi connectivity index (χ3n) is 3.09. The lowest BCUT2D eigenvalue weighted by Crippen LogP contribution is -2.20. The van der Waals surface area contributed by atoms with Gasteiger partial charge in [-0.3, -0.25) is 0 Å². The smallest absolute Gasteiger partial charge is 0.124 e. The van der Waals surface area contributed by atoms with Gasteiger partial charge in [-0.1, -0.05) is 19.1 Å². The van der Waals surface area contributed by atoms with Crippen molar-refractivity contribution in [2.75, 3.05) is 26.9 Å². The molecule has 1 aromatic carbocycles. The Bertz CT molecular complexity index is 366. The van der Waals surface area contributed by atoms with Crippen molar-refractivity contribution in [3.8, 4) is 5.75 Å². The zero-order valence-corrected chi connectivity index (χ0v) is 12.7. The zero-order valence-electron chi connectivity index (χ0n) is 12.7. The number of hydrogen-bond donors (Lipinski definition) is 1. The predicted molar refractivity (Wildman–Crippen MR) is 79.9 cm³/mol. The van der Waals surface area contributed by atoms with Crippen LogP contribution >= 0.6 is 0 Å². The summed E-state index contributed by atoms with van der Waals surface area (Å²) in [4.78, 5) is 0. The van der Waals surface area contributed by atoms with Gasteiger partial charge in [-0.15, -0.1) is 0 Å². The van der Waals surface area contributed by atoms with Gasteiger partial charge in [0, 0.05) is 31.7 Å². The number of aryl methyl sites for hydroxylation is 1. The van der Waals surface area contributed by atoms with Crippen molar-refractivity contribution in [3.63, 3.8) is 0 Å². The molecular formula is C16H27NO2. The minimum atomic E-state index is 0.318. The van der Waals surface area contributed by atoms with Gasteiger partial charge >= 0.3 is 0 Å². The van der Waals surface area contributed by atoms with Gasteiger partial charge in [0.2, 0.25) is 0 Å². The minimum Gasteiger partial charge on any atom is -0.493 e. The molecule has 0 aliphatic heterocycles. The summed E-state index contributed by atoms with van der Waals surface area (Å²) in [6.07, 6.45) is 2.06. The first kappa shape index (κ1) is 16.0. The average molecular weight is 265 g/mol. The van der Waals surface area contributed by atoms with Crippen molar-refractivity contribution in [2.24, 2.45) is 0 Å². The largest absolute Gasteiger partial charge is 0.493 e. The molecule has 1 aromatic rings. The molecule has 0 saturated carbocycles. The van der Waals surface area contributed by atoms with Gasteiger partial charge in [-0.05, 0) is 38.4 Å². The van der Waals surface area contributed by atoms with Crippen molar-refractivity contribution in [1.29, 1.82) is 0 Å². The number of methoxy groups -OCH3 is 1. The molecule has 1 rings (SSSR count). The molecule has 0 radical (unpaired) electrons. The first-order valence-electron chi connectivity index (χ1n) is 7.14. The van der Waals surface area contributed by atoms with Crippen molar-refractivity contribution < 1.29 is 9.47 Å². The van der Waals surface area contributed by atoms with Crippen LogP contribution in [0.3, 0.4) is 0 Å². The Labute approximate surface area is 117 Å². The lowest BCUT2D eigenvalue weighted by molar-refractivity contribution is 0.171. The highest BCUT2D eigenvalue weighted by atomic mass is 16.5. The molecule has 0 saturated heterocycles. The maximum Gasteiger partial charge on any atom is 0.124 e. The number of nitrogens with one attached hydrogen (secondary N) is 1. The van der Waals surface area contributed by atoms with Crippen LogP contribution in [0, 0.1) is 6.92 Å². The first-order chi connectivity index (χ1) is 9.19. The van der Waals surface area contributed by atoms with Crippen molar-refractivity contribution >= 4 is 0 Å². The van der Waals surface area contributed by atoms with Gasteiger partial charge in [0.1, 0.15) is 5.75 Å². The number of hydrogen-bond acceptors (Lipinski definition) is 3. The minimum absolute atomic E-state index is 0.318. The summed E-state index contributed by atoms with van der Waals surface area (Å²) in [6.45, 7) is 8.92. The van der Waals surface area contributed by atoms with Gasteiger partial charge in [0.15, 0.2) is 0 Å². The third kappa shape index (κ3) is 5.62. The first-order valence-corrected chi connectivity index (χ1v) is 7.14. The molecular weight excluding hydrogens is 238 g/mol. The van der Waals surface area contributed by atoms with Crippen molar-refractivity contribution in [3.05, 3.63) is 29.3 Å². The Kier molecular flexibility index (Phi) is 7.53. The van der Waals surface area contributed by atoms with E-state index in [0.29, 0.717) is 12.6 Å². The Balaban J connectivity index is 2.67. The molecule has 1 unspecified atom stereocenters. The van der Waals surface area contributed by atoms with Crippen LogP contribution in [0.4, 0.5) is 0 Å². The zero-order chi connectivity index (χ0) is 14.1. The number of benzene rings is 1. The molecule has 0 fully saturated rings. The van der Waals surface area contributed by atoms with E-state index in [1.165, 1.54) is 11.1 Å². The van der Waals surface area contributed by atoms with Gasteiger partial charge in [-0.25, -0.2) is 0 Å². The summed E-state index contributed by atoms with van der Waals surface area (Å²) >= 11 is 0. The normalized spacial score (nSPS) is 12.4. The number of ether oxygens (including phenoxy) is 2. The van der Waals surface area contributed by atoms with E-state index in [1.54, 1.807) is 7.11 Å². The van der Waals surface area contributed by atoms with Gasteiger partial charge in [0.25, 0.3) is 0 Å². The summed E-state index contributed by atoms with van der Waals surface area (Å²) < 4.78 is 10.9. The monoisotopic (exact) mass is 265 g/mol. The van der Waals surface area contributed by atoms with Crippen LogP contribution in [0.15, 0.2) is 18.2 Å². The summed E-state index contributed by atoms with van der Waals surface area (Å²) in [7, 11) is 1.72. The molecule has 3 heteroatoms. The second-order valence-electron chi connectivity index (χ2n) is 4.91. The Hall–Kier alpha value is -1.06. The van der Waals surface area contributed by atoms with Crippen LogP contribution in [-0.4, -0.2) is 26.9 Å². The van der Waals surface area contributed by atoms with E-state index in [2.05, 4.69) is 44.3 Å². The molecule has 0 aromatic heterocycles. The van der Waals surface area contributed by atoms with Crippen molar-refractivity contribution in [1.82, 2.24) is 5.32 Å². The van der Waals surface area contributed by atoms with Gasteiger partial charge < -0.3 is 14.8 Å². The standard InChI is InChI=1S/C16H27NO2/c1-5-9-17-14(3)15-8-7-13(2)12-16(15)19-11-6-10-18-4/h7-8,12,14,17H,5-6,9-11H2,1-4H3. The maximum atomic E-state index is 5.90. The molecule has 0 bridgehead atoms. The molecule has 1 atom stereocenters. The Morgan fingerprint density at radius 2 is 2.05 bits per heavy atom. The number of rotatable bonds is 9. The van der Waals surface area contributed by atoms with E-state index in [-0.39, 0.29) is 0 Å². The molecule has 0 aliphatic rings. The lowest BCUT2D eigenvalue weighted by atomic mass is 10.0. The van der Waals surface area contributed by atoms with E-state index in [9.17, 15) is 0 Å². The molecule has 19 heavy (non-hydrogen) atoms. The summed E-state index contributed by atoms with van der Waals surface area (Å²) in [5.41, 5.74) is 2.46. The van der Waals surface area contributed by atoms with Crippen LogP contribution in [0.1, 0.15) is 43.9 Å². The summed E-state index contributed by atoms with van der Waals surface area (Å²) in [5, 5.41) is 3.51. The Morgan fingerprint density at radius 1 is 1.26 bits per heavy atom. The fraction of sp³-hybridized carbons (Fsp3) is 0.625. The molecule has 0 amide bonds. The highest BCUT2D eigenvalue weighted by molar-refractivity contribution is 5.39. The maximum absolute atomic E-state index is 5.90. The molecule has 0 aliphatic carbocycles. The summed E-state index contributed by atoms with van der Waals surface area (Å²) in [5.74, 6) is 0.993. The van der Waals surface area contributed by atoms with E-state index < -0.39 is 0 Å². The van der Waals surface area contributed by atoms with Crippen molar-refractivity contribution in [2.45, 2.75) is 39.7 Å². The fourth-order valence-electron chi connectivity index (χ4n) is 1.98. The van der Waals surface area contributed by atoms with E-state index >= 15 is 0 Å². The van der Waals surface area contributed by atoms with Crippen LogP contribution in [0.5, 0.6) is 5.75 Å². The molecule has 1 N–H and O–H groups in total. The highest BCUT2D eigenvalue weighted by Crippen LogP contribution is 2.26. The van der Waals surface area contributed by atoms with Gasteiger partial charge in [0.05, 0.1) is 6.61 Å². The lowest BCUT2D eigenvalue weighted by Gasteiger charge is -2.18. The average Bonchev–Trinajstić information content (AvgIpc) is 2.41. The molecule has 108 valence electrons. The molecule has 0 heterocycles. The van der Waals surface area contributed by atoms with E-state index in [1.807, 2.05) is 0 Å².